The summed E-state index contributed by atoms with van der Waals surface area (Å²) in [4.78, 5) is 5.78. The van der Waals surface area contributed by atoms with Crippen molar-refractivity contribution < 1.29 is 0 Å². The predicted molar refractivity (Wildman–Crippen MR) is 171 cm³/mol. The first-order chi connectivity index (χ1) is 16.1. The maximum atomic E-state index is 2.34. The maximum absolute atomic E-state index is 2.34. The normalized spacial score (nSPS) is 20.5. The summed E-state index contributed by atoms with van der Waals surface area (Å²) >= 11 is 20.1. The van der Waals surface area contributed by atoms with Gasteiger partial charge in [0.15, 0.2) is 0 Å². The minimum Gasteiger partial charge on any atom is -0.140 e. The molecule has 33 heavy (non-hydrogen) atoms. The van der Waals surface area contributed by atoms with Gasteiger partial charge in [0.1, 0.15) is 0 Å². The summed E-state index contributed by atoms with van der Waals surface area (Å²) in [5, 5.41) is 0. The van der Waals surface area contributed by atoms with E-state index in [2.05, 4.69) is 38.1 Å². The van der Waals surface area contributed by atoms with E-state index in [4.69, 9.17) is 0 Å². The van der Waals surface area contributed by atoms with E-state index in [9.17, 15) is 0 Å². The molecule has 0 N–H and O–H groups in total. The van der Waals surface area contributed by atoms with Crippen LogP contribution in [0, 0.1) is 0 Å². The highest BCUT2D eigenvalue weighted by Crippen LogP contribution is 2.62. The van der Waals surface area contributed by atoms with Gasteiger partial charge in [0, 0.05) is 48.9 Å². The van der Waals surface area contributed by atoms with Crippen LogP contribution in [-0.2, 0) is 6.42 Å². The SMILES string of the molecule is CC(=C1SC2=C(SCCS2)S1)c1ccc(Cc2ccc(C(C)=C3SC4=C(SCCS4)S3)s2)s1. The van der Waals surface area contributed by atoms with Gasteiger partial charge in [0.2, 0.25) is 0 Å². The van der Waals surface area contributed by atoms with Crippen LogP contribution >= 0.6 is 117 Å². The van der Waals surface area contributed by atoms with E-state index in [1.807, 2.05) is 117 Å². The average Bonchev–Trinajstić information content (AvgIpc) is 3.63. The molecule has 4 aliphatic heterocycles. The van der Waals surface area contributed by atoms with E-state index in [1.165, 1.54) is 79.1 Å². The van der Waals surface area contributed by atoms with Crippen molar-refractivity contribution in [3.63, 3.8) is 0 Å². The van der Waals surface area contributed by atoms with Crippen LogP contribution in [0.4, 0.5) is 0 Å². The van der Waals surface area contributed by atoms with Gasteiger partial charge in [-0.3, -0.25) is 0 Å². The molecule has 6 heterocycles. The number of hydrogen-bond acceptors (Lipinski definition) is 10. The summed E-state index contributed by atoms with van der Waals surface area (Å²) < 4.78 is 9.09. The first-order valence-electron chi connectivity index (χ1n) is 10.4. The molecule has 0 fully saturated rings. The van der Waals surface area contributed by atoms with E-state index in [1.54, 1.807) is 0 Å². The summed E-state index contributed by atoms with van der Waals surface area (Å²) in [5.74, 6) is 5.00. The van der Waals surface area contributed by atoms with Crippen molar-refractivity contribution in [3.05, 3.63) is 69.2 Å². The second-order valence-corrected chi connectivity index (χ2v) is 19.9. The Balaban J connectivity index is 1.14. The van der Waals surface area contributed by atoms with Crippen molar-refractivity contribution >= 4 is 128 Å². The Hall–Kier alpha value is 1.16. The van der Waals surface area contributed by atoms with Crippen molar-refractivity contribution in [2.45, 2.75) is 20.3 Å². The summed E-state index contributed by atoms with van der Waals surface area (Å²) in [6, 6.07) is 9.34. The zero-order valence-electron chi connectivity index (χ0n) is 17.9. The lowest BCUT2D eigenvalue weighted by molar-refractivity contribution is 1.31. The molecule has 0 atom stereocenters. The zero-order valence-corrected chi connectivity index (χ0v) is 26.1. The quantitative estimate of drug-likeness (QED) is 0.328. The highest BCUT2D eigenvalue weighted by Gasteiger charge is 2.28. The van der Waals surface area contributed by atoms with Crippen LogP contribution in [0.5, 0.6) is 0 Å². The number of hydrogen-bond donors (Lipinski definition) is 0. The number of thiophene rings is 2. The van der Waals surface area contributed by atoms with E-state index >= 15 is 0 Å². The molecule has 0 nitrogen and oxygen atoms in total. The van der Waals surface area contributed by atoms with Crippen molar-refractivity contribution in [2.75, 3.05) is 23.0 Å². The lowest BCUT2D eigenvalue weighted by Gasteiger charge is -2.08. The third-order valence-corrected chi connectivity index (χ3v) is 19.6. The van der Waals surface area contributed by atoms with Crippen molar-refractivity contribution in [1.29, 1.82) is 0 Å². The number of rotatable bonds is 4. The molecular weight excluding hydrogens is 597 g/mol. The second-order valence-electron chi connectivity index (χ2n) is 7.49. The summed E-state index contributed by atoms with van der Waals surface area (Å²) in [5.41, 5.74) is 2.90. The molecule has 10 heteroatoms. The molecule has 0 radical (unpaired) electrons. The van der Waals surface area contributed by atoms with Crippen LogP contribution in [0.2, 0.25) is 0 Å². The minimum absolute atomic E-state index is 1.04. The van der Waals surface area contributed by atoms with Gasteiger partial charge < -0.3 is 0 Å². The second kappa shape index (κ2) is 10.9. The minimum atomic E-state index is 1.04. The fraction of sp³-hybridized carbons (Fsp3) is 0.304. The summed E-state index contributed by atoms with van der Waals surface area (Å²) in [6.45, 7) is 4.61. The van der Waals surface area contributed by atoms with Gasteiger partial charge >= 0.3 is 0 Å². The highest BCUT2D eigenvalue weighted by molar-refractivity contribution is 8.42. The monoisotopic (exact) mass is 616 g/mol. The maximum Gasteiger partial charge on any atom is 0.0660 e. The third kappa shape index (κ3) is 5.41. The molecule has 4 aliphatic rings. The summed E-state index contributed by atoms with van der Waals surface area (Å²) in [7, 11) is 0. The van der Waals surface area contributed by atoms with Gasteiger partial charge in [-0.05, 0) is 49.3 Å². The third-order valence-electron chi connectivity index (χ3n) is 5.20. The van der Waals surface area contributed by atoms with Gasteiger partial charge in [-0.15, -0.1) is 69.7 Å². The largest absolute Gasteiger partial charge is 0.140 e. The first-order valence-corrected chi connectivity index (χ1v) is 19.3. The Morgan fingerprint density at radius 2 is 0.939 bits per heavy atom. The molecule has 0 spiro atoms. The molecule has 2 aromatic heterocycles. The first kappa shape index (κ1) is 24.5. The van der Waals surface area contributed by atoms with E-state index in [-0.39, 0.29) is 0 Å². The molecule has 0 unspecified atom stereocenters. The molecule has 172 valence electrons. The van der Waals surface area contributed by atoms with Gasteiger partial charge in [0.05, 0.1) is 25.4 Å². The fourth-order valence-corrected chi connectivity index (χ4v) is 17.8. The lowest BCUT2D eigenvalue weighted by Crippen LogP contribution is -1.88. The number of allylic oxidation sites excluding steroid dienone is 2. The molecule has 2 aromatic rings. The van der Waals surface area contributed by atoms with Crippen LogP contribution in [0.15, 0.2) is 49.7 Å². The topological polar surface area (TPSA) is 0 Å². The van der Waals surface area contributed by atoms with Crippen LogP contribution in [0.25, 0.3) is 11.1 Å². The molecule has 0 aliphatic carbocycles. The van der Waals surface area contributed by atoms with Gasteiger partial charge in [0.25, 0.3) is 0 Å². The molecule has 0 saturated heterocycles. The fourth-order valence-electron chi connectivity index (χ4n) is 3.46. The lowest BCUT2D eigenvalue weighted by atomic mass is 10.2. The van der Waals surface area contributed by atoms with Crippen LogP contribution in [0.1, 0.15) is 33.4 Å². The summed E-state index contributed by atoms with van der Waals surface area (Å²) in [6.07, 6.45) is 1.04. The Morgan fingerprint density at radius 3 is 1.30 bits per heavy atom. The Bertz CT molecular complexity index is 1090. The Labute approximate surface area is 237 Å². The molecule has 0 bridgehead atoms. The molecule has 0 saturated carbocycles. The van der Waals surface area contributed by atoms with Crippen molar-refractivity contribution in [1.82, 2.24) is 0 Å². The average molecular weight is 617 g/mol. The van der Waals surface area contributed by atoms with Gasteiger partial charge in [-0.2, -0.15) is 0 Å². The zero-order chi connectivity index (χ0) is 22.4. The van der Waals surface area contributed by atoms with Gasteiger partial charge in [-0.25, -0.2) is 0 Å². The standard InChI is InChI=1S/C23H20S10/c1-12(18-30-20-21(31-18)25-8-7-24-20)16-5-3-14(28-16)11-15-4-6-17(29-15)13(2)19-32-22-23(33-19)27-10-9-26-22/h3-6H,7-11H2,1-2H3. The molecule has 0 amide bonds. The smallest absolute Gasteiger partial charge is 0.0660 e. The van der Waals surface area contributed by atoms with Crippen LogP contribution in [0.3, 0.4) is 0 Å². The molecule has 0 aromatic carbocycles. The van der Waals surface area contributed by atoms with E-state index < -0.39 is 0 Å². The molecular formula is C23H20S10. The highest BCUT2D eigenvalue weighted by atomic mass is 32.3. The van der Waals surface area contributed by atoms with Crippen LogP contribution < -0.4 is 0 Å². The number of thioether (sulfide) groups is 8. The van der Waals surface area contributed by atoms with Crippen molar-refractivity contribution in [3.8, 4) is 0 Å². The van der Waals surface area contributed by atoms with Gasteiger partial charge in [-0.1, -0.05) is 47.0 Å². The van der Waals surface area contributed by atoms with Crippen molar-refractivity contribution in [2.24, 2.45) is 0 Å². The van der Waals surface area contributed by atoms with E-state index in [0.717, 1.165) is 6.42 Å². The molecule has 6 rings (SSSR count). The predicted octanol–water partition coefficient (Wildman–Crippen LogP) is 11.0. The van der Waals surface area contributed by atoms with Crippen LogP contribution in [-0.4, -0.2) is 23.0 Å². The Kier molecular flexibility index (Phi) is 8.07. The Morgan fingerprint density at radius 1 is 0.576 bits per heavy atom. The van der Waals surface area contributed by atoms with E-state index in [0.29, 0.717) is 0 Å².